The maximum absolute atomic E-state index is 6.75. The number of aryl methyl sites for hydroxylation is 3. The van der Waals surface area contributed by atoms with E-state index in [1.54, 1.807) is 0 Å². The minimum atomic E-state index is -0.0397. The van der Waals surface area contributed by atoms with Crippen LogP contribution in [0.3, 0.4) is 0 Å². The molecule has 0 nitrogen and oxygen atoms in total. The lowest BCUT2D eigenvalue weighted by molar-refractivity contribution is 0.684. The molecule has 1 aliphatic carbocycles. The molecular formula is C19H21Cl. The van der Waals surface area contributed by atoms with E-state index in [4.69, 9.17) is 11.6 Å². The van der Waals surface area contributed by atoms with E-state index >= 15 is 0 Å². The number of rotatable bonds is 2. The van der Waals surface area contributed by atoms with Crippen molar-refractivity contribution in [2.45, 2.75) is 44.9 Å². The quantitative estimate of drug-likeness (QED) is 0.638. The van der Waals surface area contributed by atoms with Gasteiger partial charge in [-0.05, 0) is 72.9 Å². The third kappa shape index (κ3) is 2.50. The third-order valence-electron chi connectivity index (χ3n) is 4.58. The molecule has 0 heterocycles. The van der Waals surface area contributed by atoms with Gasteiger partial charge in [-0.2, -0.15) is 0 Å². The lowest BCUT2D eigenvalue weighted by Crippen LogP contribution is -2.05. The Morgan fingerprint density at radius 2 is 1.70 bits per heavy atom. The first-order valence-electron chi connectivity index (χ1n) is 7.48. The van der Waals surface area contributed by atoms with Crippen molar-refractivity contribution in [3.05, 3.63) is 69.8 Å². The van der Waals surface area contributed by atoms with E-state index in [1.165, 1.54) is 59.1 Å². The van der Waals surface area contributed by atoms with Gasteiger partial charge in [-0.25, -0.2) is 0 Å². The second kappa shape index (κ2) is 5.61. The van der Waals surface area contributed by atoms with Crippen LogP contribution in [0, 0.1) is 13.8 Å². The Morgan fingerprint density at radius 1 is 0.950 bits per heavy atom. The fraction of sp³-hybridized carbons (Fsp3) is 0.368. The molecule has 104 valence electrons. The molecule has 1 unspecified atom stereocenters. The van der Waals surface area contributed by atoms with E-state index in [9.17, 15) is 0 Å². The van der Waals surface area contributed by atoms with Crippen molar-refractivity contribution in [3.63, 3.8) is 0 Å². The minimum Gasteiger partial charge on any atom is -0.113 e. The summed E-state index contributed by atoms with van der Waals surface area (Å²) in [5.41, 5.74) is 8.12. The van der Waals surface area contributed by atoms with Crippen molar-refractivity contribution in [3.8, 4) is 0 Å². The Kier molecular flexibility index (Phi) is 3.85. The summed E-state index contributed by atoms with van der Waals surface area (Å²) in [6.45, 7) is 4.31. The summed E-state index contributed by atoms with van der Waals surface area (Å²) in [5.74, 6) is 0. The van der Waals surface area contributed by atoms with Gasteiger partial charge in [0, 0.05) is 0 Å². The van der Waals surface area contributed by atoms with E-state index in [1.807, 2.05) is 0 Å². The monoisotopic (exact) mass is 284 g/mol. The van der Waals surface area contributed by atoms with Crippen LogP contribution in [0.15, 0.2) is 36.4 Å². The van der Waals surface area contributed by atoms with E-state index in [2.05, 4.69) is 50.2 Å². The zero-order valence-electron chi connectivity index (χ0n) is 12.2. The average Bonchev–Trinajstić information content (AvgIpc) is 2.49. The van der Waals surface area contributed by atoms with Gasteiger partial charge in [0.15, 0.2) is 0 Å². The molecule has 2 aromatic rings. The summed E-state index contributed by atoms with van der Waals surface area (Å²) < 4.78 is 0. The zero-order valence-corrected chi connectivity index (χ0v) is 13.0. The number of hydrogen-bond donors (Lipinski definition) is 0. The Hall–Kier alpha value is -1.27. The Balaban J connectivity index is 1.98. The van der Waals surface area contributed by atoms with Gasteiger partial charge in [0.1, 0.15) is 0 Å². The topological polar surface area (TPSA) is 0 Å². The van der Waals surface area contributed by atoms with Crippen LogP contribution in [0.1, 0.15) is 51.6 Å². The SMILES string of the molecule is Cc1cccc(C(Cl)c2ccc3c(c2)CCCC3)c1C. The van der Waals surface area contributed by atoms with Gasteiger partial charge < -0.3 is 0 Å². The van der Waals surface area contributed by atoms with E-state index < -0.39 is 0 Å². The van der Waals surface area contributed by atoms with Crippen LogP contribution in [-0.2, 0) is 12.8 Å². The Labute approximate surface area is 126 Å². The van der Waals surface area contributed by atoms with Gasteiger partial charge in [-0.1, -0.05) is 36.4 Å². The second-order valence-electron chi connectivity index (χ2n) is 5.89. The van der Waals surface area contributed by atoms with E-state index in [0.29, 0.717) is 0 Å². The van der Waals surface area contributed by atoms with Gasteiger partial charge >= 0.3 is 0 Å². The van der Waals surface area contributed by atoms with Crippen LogP contribution in [0.5, 0.6) is 0 Å². The van der Waals surface area contributed by atoms with Gasteiger partial charge in [0.2, 0.25) is 0 Å². The molecule has 2 aromatic carbocycles. The van der Waals surface area contributed by atoms with Crippen molar-refractivity contribution in [1.82, 2.24) is 0 Å². The van der Waals surface area contributed by atoms with Crippen LogP contribution >= 0.6 is 11.6 Å². The van der Waals surface area contributed by atoms with E-state index in [0.717, 1.165) is 0 Å². The molecule has 0 amide bonds. The van der Waals surface area contributed by atoms with Crippen molar-refractivity contribution in [2.24, 2.45) is 0 Å². The fourth-order valence-electron chi connectivity index (χ4n) is 3.14. The van der Waals surface area contributed by atoms with Crippen molar-refractivity contribution < 1.29 is 0 Å². The largest absolute Gasteiger partial charge is 0.113 e. The summed E-state index contributed by atoms with van der Waals surface area (Å²) in [7, 11) is 0. The highest BCUT2D eigenvalue weighted by Gasteiger charge is 2.16. The average molecular weight is 285 g/mol. The molecule has 0 fully saturated rings. The summed E-state index contributed by atoms with van der Waals surface area (Å²) in [6, 6.07) is 13.2. The molecule has 1 heteroatoms. The highest BCUT2D eigenvalue weighted by atomic mass is 35.5. The summed E-state index contributed by atoms with van der Waals surface area (Å²) in [5, 5.41) is -0.0397. The van der Waals surface area contributed by atoms with Crippen molar-refractivity contribution in [2.75, 3.05) is 0 Å². The summed E-state index contributed by atoms with van der Waals surface area (Å²) >= 11 is 6.75. The molecule has 0 radical (unpaired) electrons. The molecule has 1 aliphatic rings. The van der Waals surface area contributed by atoms with Crippen LogP contribution in [0.4, 0.5) is 0 Å². The molecule has 0 aromatic heterocycles. The van der Waals surface area contributed by atoms with E-state index in [-0.39, 0.29) is 5.38 Å². The maximum atomic E-state index is 6.75. The smallest absolute Gasteiger partial charge is 0.0838 e. The summed E-state index contributed by atoms with van der Waals surface area (Å²) in [4.78, 5) is 0. The lowest BCUT2D eigenvalue weighted by Gasteiger charge is -2.20. The number of fused-ring (bicyclic) bond motifs is 1. The molecule has 0 aliphatic heterocycles. The van der Waals surface area contributed by atoms with Gasteiger partial charge in [0.25, 0.3) is 0 Å². The minimum absolute atomic E-state index is 0.0397. The third-order valence-corrected chi connectivity index (χ3v) is 5.07. The Bertz CT molecular complexity index is 628. The van der Waals surface area contributed by atoms with Crippen LogP contribution < -0.4 is 0 Å². The number of benzene rings is 2. The molecule has 0 saturated carbocycles. The molecule has 0 N–H and O–H groups in total. The first-order chi connectivity index (χ1) is 9.66. The standard InChI is InChI=1S/C19H21Cl/c1-13-6-5-9-18(14(13)2)19(20)17-11-10-15-7-3-4-8-16(15)12-17/h5-6,9-12,19H,3-4,7-8H2,1-2H3. The first kappa shape index (κ1) is 13.7. The van der Waals surface area contributed by atoms with Crippen molar-refractivity contribution >= 4 is 11.6 Å². The number of alkyl halides is 1. The molecule has 20 heavy (non-hydrogen) atoms. The maximum Gasteiger partial charge on any atom is 0.0838 e. The highest BCUT2D eigenvalue weighted by molar-refractivity contribution is 6.22. The highest BCUT2D eigenvalue weighted by Crippen LogP contribution is 2.34. The molecule has 0 bridgehead atoms. The van der Waals surface area contributed by atoms with Crippen LogP contribution in [0.25, 0.3) is 0 Å². The molecular weight excluding hydrogens is 264 g/mol. The Morgan fingerprint density at radius 3 is 2.50 bits per heavy atom. The summed E-state index contributed by atoms with van der Waals surface area (Å²) in [6.07, 6.45) is 5.08. The van der Waals surface area contributed by atoms with Gasteiger partial charge in [-0.15, -0.1) is 11.6 Å². The van der Waals surface area contributed by atoms with Gasteiger partial charge in [0.05, 0.1) is 5.38 Å². The normalized spacial score (nSPS) is 15.8. The lowest BCUT2D eigenvalue weighted by atomic mass is 9.88. The predicted octanol–water partition coefficient (Wildman–Crippen LogP) is 5.51. The first-order valence-corrected chi connectivity index (χ1v) is 7.92. The van der Waals surface area contributed by atoms with Gasteiger partial charge in [-0.3, -0.25) is 0 Å². The fourth-order valence-corrected chi connectivity index (χ4v) is 3.51. The number of hydrogen-bond acceptors (Lipinski definition) is 0. The second-order valence-corrected chi connectivity index (χ2v) is 6.32. The molecule has 0 saturated heterocycles. The molecule has 1 atom stereocenters. The van der Waals surface area contributed by atoms with Crippen LogP contribution in [-0.4, -0.2) is 0 Å². The molecule has 0 spiro atoms. The predicted molar refractivity (Wildman–Crippen MR) is 86.7 cm³/mol. The van der Waals surface area contributed by atoms with Crippen LogP contribution in [0.2, 0.25) is 0 Å². The number of halogens is 1. The molecule has 3 rings (SSSR count). The van der Waals surface area contributed by atoms with Crippen molar-refractivity contribution in [1.29, 1.82) is 0 Å². The zero-order chi connectivity index (χ0) is 14.1.